The van der Waals surface area contributed by atoms with Gasteiger partial charge in [0, 0.05) is 45.2 Å². The number of fused-ring (bicyclic) bond motifs is 3. The number of halogens is 1. The van der Waals surface area contributed by atoms with Gasteiger partial charge in [-0.25, -0.2) is 4.98 Å². The molecule has 3 aromatic rings. The van der Waals surface area contributed by atoms with E-state index in [1.165, 1.54) is 16.2 Å². The Morgan fingerprint density at radius 3 is 2.56 bits per heavy atom. The second-order valence-corrected chi connectivity index (χ2v) is 11.1. The molecule has 2 amide bonds. The van der Waals surface area contributed by atoms with Gasteiger partial charge >= 0.3 is 0 Å². The van der Waals surface area contributed by atoms with Gasteiger partial charge in [0.1, 0.15) is 17.2 Å². The zero-order valence-corrected chi connectivity index (χ0v) is 20.2. The highest BCUT2D eigenvalue weighted by atomic mass is 35.5. The summed E-state index contributed by atoms with van der Waals surface area (Å²) in [6, 6.07) is 6.82. The van der Waals surface area contributed by atoms with Crippen molar-refractivity contribution in [1.29, 1.82) is 0 Å². The van der Waals surface area contributed by atoms with Gasteiger partial charge < -0.3 is 14.6 Å². The number of carboxylic acids is 1. The number of aryl methyl sites for hydroxylation is 1. The number of benzene rings is 1. The zero-order valence-electron chi connectivity index (χ0n) is 17.8. The summed E-state index contributed by atoms with van der Waals surface area (Å²) in [7, 11) is -0.930. The highest BCUT2D eigenvalue weighted by Crippen LogP contribution is 2.44. The van der Waals surface area contributed by atoms with Gasteiger partial charge in [0.05, 0.1) is 29.0 Å². The third-order valence-electron chi connectivity index (χ3n) is 5.87. The van der Waals surface area contributed by atoms with Gasteiger partial charge in [-0.3, -0.25) is 18.7 Å². The van der Waals surface area contributed by atoms with Crippen LogP contribution in [0.3, 0.4) is 0 Å². The molecule has 4 heterocycles. The van der Waals surface area contributed by atoms with Crippen molar-refractivity contribution in [2.24, 2.45) is 0 Å². The van der Waals surface area contributed by atoms with E-state index in [9.17, 15) is 23.7 Å². The van der Waals surface area contributed by atoms with Crippen molar-refractivity contribution < 1.29 is 28.4 Å². The molecule has 0 aliphatic carbocycles. The number of ether oxygens (including phenoxy) is 1. The monoisotopic (exact) mass is 517 g/mol. The van der Waals surface area contributed by atoms with Crippen molar-refractivity contribution >= 4 is 61.7 Å². The summed E-state index contributed by atoms with van der Waals surface area (Å²) in [6.45, 7) is -0.572. The first-order valence-corrected chi connectivity index (χ1v) is 13.2. The molecule has 0 bridgehead atoms. The first-order chi connectivity index (χ1) is 16.3. The molecule has 11 heteroatoms. The first kappa shape index (κ1) is 22.9. The summed E-state index contributed by atoms with van der Waals surface area (Å²) in [5, 5.41) is 11.9. The van der Waals surface area contributed by atoms with E-state index in [4.69, 9.17) is 21.3 Å². The van der Waals surface area contributed by atoms with Crippen LogP contribution in [0.4, 0.5) is 0 Å². The number of hydrogen-bond donors (Lipinski definition) is 0. The topological polar surface area (TPSA) is 117 Å². The number of carbonyl (C=O) groups excluding carboxylic acids is 3. The normalized spacial score (nSPS) is 17.9. The fraction of sp³-hybridized carbons (Fsp3) is 0.304. The van der Waals surface area contributed by atoms with E-state index in [2.05, 4.69) is 0 Å². The fourth-order valence-corrected chi connectivity index (χ4v) is 7.28. The maximum Gasteiger partial charge on any atom is 0.230 e. The molecule has 2 aromatic heterocycles. The van der Waals surface area contributed by atoms with Gasteiger partial charge in [-0.15, -0.1) is 11.3 Å². The van der Waals surface area contributed by atoms with Crippen molar-refractivity contribution in [3.8, 4) is 16.9 Å². The molecule has 0 saturated carbocycles. The van der Waals surface area contributed by atoms with Crippen LogP contribution in [0, 0.1) is 0 Å². The minimum Gasteiger partial charge on any atom is -0.546 e. The number of carbonyl (C=O) groups is 3. The summed E-state index contributed by atoms with van der Waals surface area (Å²) in [5.74, 6) is -0.433. The fourth-order valence-electron chi connectivity index (χ4n) is 4.26. The zero-order chi connectivity index (χ0) is 24.0. The van der Waals surface area contributed by atoms with Crippen molar-refractivity contribution in [1.82, 2.24) is 9.88 Å². The number of rotatable bonds is 6. The van der Waals surface area contributed by atoms with Crippen LogP contribution in [-0.4, -0.2) is 44.2 Å². The van der Waals surface area contributed by atoms with Gasteiger partial charge in [0.25, 0.3) is 0 Å². The maximum absolute atomic E-state index is 12.2. The van der Waals surface area contributed by atoms with Crippen LogP contribution in [0.5, 0.6) is 5.75 Å². The molecule has 1 unspecified atom stereocenters. The predicted molar refractivity (Wildman–Crippen MR) is 126 cm³/mol. The smallest absolute Gasteiger partial charge is 0.230 e. The van der Waals surface area contributed by atoms with Crippen LogP contribution >= 0.6 is 22.9 Å². The van der Waals surface area contributed by atoms with E-state index in [1.54, 1.807) is 24.3 Å². The SMILES string of the molecule is O=C([O-])COc1ccc(-c2c(Cl)c(CN3C(=O)CCC3=O)nc3sc4c(c23)CCS(=O)C4)cc1. The number of likely N-dealkylation sites (tertiary alicyclic amines) is 1. The van der Waals surface area contributed by atoms with E-state index >= 15 is 0 Å². The molecule has 1 fully saturated rings. The molecular weight excluding hydrogens is 500 g/mol. The Morgan fingerprint density at radius 1 is 1.18 bits per heavy atom. The highest BCUT2D eigenvalue weighted by molar-refractivity contribution is 7.84. The Labute approximate surface area is 205 Å². The van der Waals surface area contributed by atoms with Gasteiger partial charge in [0.15, 0.2) is 0 Å². The lowest BCUT2D eigenvalue weighted by molar-refractivity contribution is -0.307. The Bertz CT molecular complexity index is 1350. The van der Waals surface area contributed by atoms with E-state index < -0.39 is 23.4 Å². The Kier molecular flexibility index (Phi) is 6.13. The van der Waals surface area contributed by atoms with Crippen molar-refractivity contribution in [2.45, 2.75) is 31.6 Å². The van der Waals surface area contributed by atoms with Crippen molar-refractivity contribution in [2.75, 3.05) is 12.4 Å². The molecule has 2 aliphatic heterocycles. The molecule has 5 rings (SSSR count). The molecule has 0 N–H and O–H groups in total. The first-order valence-electron chi connectivity index (χ1n) is 10.6. The highest BCUT2D eigenvalue weighted by Gasteiger charge is 2.32. The average molecular weight is 518 g/mol. The number of aliphatic carboxylic acids is 1. The van der Waals surface area contributed by atoms with E-state index in [-0.39, 0.29) is 31.2 Å². The molecule has 2 aliphatic rings. The van der Waals surface area contributed by atoms with Crippen LogP contribution < -0.4 is 9.84 Å². The lowest BCUT2D eigenvalue weighted by Gasteiger charge is -2.18. The second kappa shape index (κ2) is 9.09. The summed E-state index contributed by atoms with van der Waals surface area (Å²) >= 11 is 8.34. The number of hydrogen-bond acceptors (Lipinski definition) is 8. The van der Waals surface area contributed by atoms with Gasteiger partial charge in [-0.1, -0.05) is 23.7 Å². The average Bonchev–Trinajstić information content (AvgIpc) is 3.32. The van der Waals surface area contributed by atoms with Gasteiger partial charge in [0.2, 0.25) is 11.8 Å². The summed E-state index contributed by atoms with van der Waals surface area (Å²) in [5.41, 5.74) is 2.97. The number of amides is 2. The van der Waals surface area contributed by atoms with Crippen LogP contribution in [0.1, 0.15) is 29.0 Å². The summed E-state index contributed by atoms with van der Waals surface area (Å²) in [4.78, 5) is 42.7. The number of carboxylic acid groups (broad SMARTS) is 1. The summed E-state index contributed by atoms with van der Waals surface area (Å²) in [6.07, 6.45) is 0.998. The molecule has 176 valence electrons. The lowest BCUT2D eigenvalue weighted by atomic mass is 9.97. The third-order valence-corrected chi connectivity index (χ3v) is 8.85. The van der Waals surface area contributed by atoms with Crippen molar-refractivity contribution in [3.05, 3.63) is 45.4 Å². The molecule has 8 nitrogen and oxygen atoms in total. The number of aromatic nitrogens is 1. The van der Waals surface area contributed by atoms with Gasteiger partial charge in [-0.2, -0.15) is 0 Å². The Hall–Kier alpha value is -2.82. The Balaban J connectivity index is 1.64. The maximum atomic E-state index is 12.2. The molecule has 1 aromatic carbocycles. The molecule has 0 spiro atoms. The van der Waals surface area contributed by atoms with Crippen LogP contribution in [0.25, 0.3) is 21.3 Å². The molecule has 1 saturated heterocycles. The minimum absolute atomic E-state index is 0.0132. The van der Waals surface area contributed by atoms with Gasteiger partial charge in [-0.05, 0) is 29.7 Å². The largest absolute Gasteiger partial charge is 0.546 e. The minimum atomic E-state index is -1.32. The molecular formula is C23H18ClN2O6S2-. The number of imide groups is 1. The number of pyridine rings is 1. The second-order valence-electron chi connectivity index (χ2n) is 8.03. The standard InChI is InChI=1S/C23H19ClN2O6S2/c24-22-15(9-26-17(27)5-6-18(26)28)25-23-21(14-7-8-34(31)11-16(14)33-23)20(22)12-1-3-13(4-2-12)32-10-19(29)30/h1-4H,5-11H2,(H,29,30)/p-1. The van der Waals surface area contributed by atoms with E-state index in [0.29, 0.717) is 34.4 Å². The van der Waals surface area contributed by atoms with Crippen LogP contribution in [0.15, 0.2) is 24.3 Å². The van der Waals surface area contributed by atoms with E-state index in [0.717, 1.165) is 31.8 Å². The van der Waals surface area contributed by atoms with Crippen LogP contribution in [0.2, 0.25) is 5.02 Å². The number of thiophene rings is 1. The predicted octanol–water partition coefficient (Wildman–Crippen LogP) is 2.20. The quantitative estimate of drug-likeness (QED) is 0.460. The Morgan fingerprint density at radius 2 is 1.88 bits per heavy atom. The van der Waals surface area contributed by atoms with E-state index in [1.807, 2.05) is 0 Å². The molecule has 34 heavy (non-hydrogen) atoms. The van der Waals surface area contributed by atoms with Crippen molar-refractivity contribution in [3.63, 3.8) is 0 Å². The summed E-state index contributed by atoms with van der Waals surface area (Å²) < 4.78 is 17.3. The lowest BCUT2D eigenvalue weighted by Crippen LogP contribution is -2.29. The third kappa shape index (κ3) is 4.21. The molecule has 1 atom stereocenters. The van der Waals surface area contributed by atoms with Crippen LogP contribution in [-0.2, 0) is 43.9 Å². The number of nitrogens with zero attached hydrogens (tertiary/aromatic N) is 2. The molecule has 0 radical (unpaired) electrons.